The maximum Gasteiger partial charge on any atom is 0.438 e. The number of phenolic OH excluding ortho intramolecular Hbond substituents is 1. The summed E-state index contributed by atoms with van der Waals surface area (Å²) in [6.07, 6.45) is -13.0. The molecule has 0 spiro atoms. The fourth-order valence-corrected chi connectivity index (χ4v) is 26.7. The zero-order valence-electron chi connectivity index (χ0n) is 84.7. The molecular formula is C111H129F9O23S4. The van der Waals surface area contributed by atoms with Crippen LogP contribution in [-0.2, 0) is 93.1 Å². The van der Waals surface area contributed by atoms with Crippen molar-refractivity contribution in [3.8, 4) is 33.6 Å². The van der Waals surface area contributed by atoms with Gasteiger partial charge in [0.1, 0.15) is 51.6 Å². The monoisotopic (exact) mass is 2130 g/mol. The molecule has 0 amide bonds. The van der Waals surface area contributed by atoms with Crippen LogP contribution in [0.3, 0.4) is 0 Å². The number of hydrogen-bond donors (Lipinski definition) is 1. The van der Waals surface area contributed by atoms with E-state index < -0.39 is 150 Å². The Labute approximate surface area is 858 Å². The van der Waals surface area contributed by atoms with Crippen LogP contribution in [0.1, 0.15) is 218 Å². The van der Waals surface area contributed by atoms with Crippen LogP contribution in [0, 0.1) is 69.0 Å². The molecule has 36 heteroatoms. The molecule has 10 aliphatic rings. The van der Waals surface area contributed by atoms with Crippen molar-refractivity contribution < 1.29 is 147 Å². The van der Waals surface area contributed by atoms with Gasteiger partial charge in [-0.05, 0) is 276 Å². The van der Waals surface area contributed by atoms with Crippen molar-refractivity contribution in [2.24, 2.45) is 69.0 Å². The molecule has 0 radical (unpaired) electrons. The number of carbonyl (C=O) groups excluding carboxylic acids is 7. The Kier molecular flexibility index (Phi) is 36.2. The molecule has 19 rings (SSSR count). The first kappa shape index (κ1) is 115. The summed E-state index contributed by atoms with van der Waals surface area (Å²) < 4.78 is 238. The van der Waals surface area contributed by atoms with Gasteiger partial charge in [0, 0.05) is 39.5 Å². The highest BCUT2D eigenvalue weighted by atomic mass is 32.2. The van der Waals surface area contributed by atoms with E-state index in [2.05, 4.69) is 171 Å². The smallest absolute Gasteiger partial charge is 0.438 e. The first-order valence-electron chi connectivity index (χ1n) is 49.7. The van der Waals surface area contributed by atoms with E-state index in [1.807, 2.05) is 88.4 Å². The van der Waals surface area contributed by atoms with Crippen LogP contribution in [0.15, 0.2) is 221 Å². The molecule has 9 fully saturated rings. The van der Waals surface area contributed by atoms with Crippen LogP contribution in [0.25, 0.3) is 25.1 Å². The summed E-state index contributed by atoms with van der Waals surface area (Å²) in [7, 11) is -11.5. The van der Waals surface area contributed by atoms with E-state index in [-0.39, 0.29) is 87.8 Å². The number of rotatable bonds is 25. The second-order valence-corrected chi connectivity index (χ2v) is 48.2. The van der Waals surface area contributed by atoms with Crippen molar-refractivity contribution in [3.05, 3.63) is 212 Å². The van der Waals surface area contributed by atoms with Crippen molar-refractivity contribution in [1.82, 2.24) is 0 Å². The minimum atomic E-state index is -6.43. The highest BCUT2D eigenvalue weighted by molar-refractivity contribution is 7.97. The van der Waals surface area contributed by atoms with E-state index in [9.17, 15) is 99.0 Å². The summed E-state index contributed by atoms with van der Waals surface area (Å²) in [6, 6.07) is 70.6. The fraction of sp³-hybridized carbons (Fsp3) is 0.505. The van der Waals surface area contributed by atoms with Gasteiger partial charge in [0.05, 0.1) is 77.8 Å². The largest absolute Gasteiger partial charge is 0.748 e. The van der Waals surface area contributed by atoms with Crippen LogP contribution in [-0.4, -0.2) is 145 Å². The molecule has 7 saturated carbocycles. The molecule has 798 valence electrons. The van der Waals surface area contributed by atoms with E-state index in [1.54, 1.807) is 53.7 Å². The Balaban J connectivity index is 0.000000158. The SMILES string of the molecule is CCC(C)(C)C(=O)OC12CC3CC(C1)CC(C(=O)OC(CS(=O)(=O)[O-])(C(F)(F)F)C(F)(F)F)(C3)C2.CCC(C)(C)C(=O)OC1C2CC3C1OC(=O)C3C2C(=O)OC(CS(=O)(=O)[O-])C(F)(F)F.CCC(C)C(=O)Oc1ccc(OC2(C(C)C)CCCC2)cc1.CCC(C)c1ccc(O)cc1.CCC1(C)CCOC1=O.c1ccc(-[s+]2c3ccccc3c3ccccc32)cc1.c1ccc([S+]2c3ccccc3Oc3ccccc32)cc1. The quantitative estimate of drug-likeness (QED) is 0.0139. The van der Waals surface area contributed by atoms with E-state index in [0.717, 1.165) is 55.8 Å². The first-order chi connectivity index (χ1) is 68.9. The number of cyclic esters (lactones) is 1. The number of hydrogen-bond acceptors (Lipinski definition) is 23. The number of ether oxygens (including phenoxy) is 9. The maximum atomic E-state index is 13.7. The molecule has 12 atom stereocenters. The van der Waals surface area contributed by atoms with Gasteiger partial charge in [-0.15, -0.1) is 0 Å². The molecule has 147 heavy (non-hydrogen) atoms. The Morgan fingerprint density at radius 3 is 1.55 bits per heavy atom. The van der Waals surface area contributed by atoms with Gasteiger partial charge in [-0.1, -0.05) is 159 Å². The number of fused-ring (bicyclic) bond motifs is 6. The van der Waals surface area contributed by atoms with Crippen LogP contribution in [0.5, 0.6) is 28.7 Å². The Morgan fingerprint density at radius 2 is 1.08 bits per heavy atom. The zero-order valence-corrected chi connectivity index (χ0v) is 87.9. The van der Waals surface area contributed by atoms with Gasteiger partial charge in [-0.2, -0.15) is 39.5 Å². The number of esters is 7. The molecule has 4 heterocycles. The average Bonchev–Trinajstić information content (AvgIpc) is 1.06. The lowest BCUT2D eigenvalue weighted by Crippen LogP contribution is -2.66. The Morgan fingerprint density at radius 1 is 0.578 bits per heavy atom. The van der Waals surface area contributed by atoms with Gasteiger partial charge in [0.25, 0.3) is 0 Å². The highest BCUT2D eigenvalue weighted by Crippen LogP contribution is 2.66. The Bertz CT molecular complexity index is 6220. The third-order valence-corrected chi connectivity index (χ3v) is 36.3. The second kappa shape index (κ2) is 46.4. The maximum absolute atomic E-state index is 13.7. The van der Waals surface area contributed by atoms with Gasteiger partial charge in [0.2, 0.25) is 15.9 Å². The van der Waals surface area contributed by atoms with Crippen molar-refractivity contribution in [2.75, 3.05) is 18.1 Å². The number of halogens is 9. The third kappa shape index (κ3) is 26.6. The summed E-state index contributed by atoms with van der Waals surface area (Å²) >= 11 is 0. The van der Waals surface area contributed by atoms with Gasteiger partial charge < -0.3 is 56.8 Å². The van der Waals surface area contributed by atoms with E-state index in [4.69, 9.17) is 38.3 Å². The van der Waals surface area contributed by atoms with E-state index >= 15 is 0 Å². The van der Waals surface area contributed by atoms with Crippen molar-refractivity contribution in [2.45, 2.75) is 280 Å². The minimum absolute atomic E-state index is 0.0231. The predicted molar refractivity (Wildman–Crippen MR) is 534 cm³/mol. The number of benzene rings is 8. The van der Waals surface area contributed by atoms with Crippen LogP contribution in [0.2, 0.25) is 0 Å². The standard InChI is InChI=1S/C21H28F6O7S.C19H28O3.C18H23F3O9S.C18H13OS.C18H13S.C10H14O.C7H12O2/c1-4-16(2,3)14(28)33-18-8-12-5-13(9-18)7-17(6-12,10-18)15(29)34-19(20(22,23)24,21(25,26)27)11-35(30,31)32;1-5-15(4)18(20)21-16-8-10-17(11-9-16)22-19(14(2)3)12-6-7-13-19;1-4-17(2,3)16(24)30-13-8-5-7-11(15(23)29-12(7)13)10(8)14(22)28-9(18(19,20)21)6-31(25,26)27;1-2-8-14(9-3-1)20-17-12-6-4-10-15(17)19-16-11-5-7-13-18(16)20;1-2-8-14(9-3-1)19-17-12-6-4-10-15(17)16-11-5-7-13-18(16)19;1-3-8(2)9-4-6-10(11)7-5-9;1-3-7(2)4-5-9-6(7)8/h12-13H,4-11H2,1-3H3,(H,30,31,32);8-11,14-15H,5-7,12-13H2,1-4H3;7-13H,4-6H2,1-3H3,(H,25,26,27);1-13H;1-13H;4-8,11H,3H2,1-2H3;3-5H2,1-2H3/q;;;2*+1;;/p-2. The first-order valence-corrected chi connectivity index (χ1v) is 55.3. The number of phenols is 1. The zero-order chi connectivity index (χ0) is 108. The minimum Gasteiger partial charge on any atom is -0.748 e. The lowest BCUT2D eigenvalue weighted by atomic mass is 9.48. The van der Waals surface area contributed by atoms with Gasteiger partial charge in [0.15, 0.2) is 30.7 Å². The molecule has 6 bridgehead atoms. The molecule has 9 aromatic rings. The van der Waals surface area contributed by atoms with Crippen molar-refractivity contribution >= 4 is 104 Å². The molecule has 2 saturated heterocycles. The third-order valence-electron chi connectivity index (χ3n) is 30.2. The molecule has 3 aliphatic heterocycles. The highest BCUT2D eigenvalue weighted by Gasteiger charge is 2.77. The van der Waals surface area contributed by atoms with Crippen molar-refractivity contribution in [3.63, 3.8) is 0 Å². The van der Waals surface area contributed by atoms with Crippen LogP contribution in [0.4, 0.5) is 39.5 Å². The topological polar surface area (TPSA) is 337 Å². The summed E-state index contributed by atoms with van der Waals surface area (Å²) in [6.45, 7) is 27.3. The molecule has 8 aromatic carbocycles. The number of aromatic hydroxyl groups is 1. The Hall–Kier alpha value is -10.8. The summed E-state index contributed by atoms with van der Waals surface area (Å²) in [4.78, 5) is 91.2. The summed E-state index contributed by atoms with van der Waals surface area (Å²) in [5.74, 6) is -10.3. The number of para-hydroxylation sites is 2. The van der Waals surface area contributed by atoms with Gasteiger partial charge in [-0.25, -0.2) is 16.8 Å². The van der Waals surface area contributed by atoms with Crippen molar-refractivity contribution in [1.29, 1.82) is 0 Å². The normalized spacial score (nSPS) is 23.5. The molecule has 12 unspecified atom stereocenters. The summed E-state index contributed by atoms with van der Waals surface area (Å²) in [5, 5.41) is 11.8. The van der Waals surface area contributed by atoms with E-state index in [1.165, 1.54) is 58.2 Å². The van der Waals surface area contributed by atoms with Crippen LogP contribution >= 0.6 is 10.5 Å². The molecule has 23 nitrogen and oxygen atoms in total. The lowest BCUT2D eigenvalue weighted by Gasteiger charge is -2.60. The van der Waals surface area contributed by atoms with Crippen LogP contribution < -0.4 is 14.2 Å². The predicted octanol–water partition coefficient (Wildman–Crippen LogP) is 25.3. The molecule has 1 N–H and O–H groups in total. The summed E-state index contributed by atoms with van der Waals surface area (Å²) in [5.41, 5.74) is -9.29. The molecular weight excluding hydrogens is 2000 g/mol. The van der Waals surface area contributed by atoms with E-state index in [0.29, 0.717) is 62.0 Å². The van der Waals surface area contributed by atoms with Gasteiger partial charge >= 0.3 is 65.9 Å². The molecule has 7 aliphatic carbocycles. The van der Waals surface area contributed by atoms with Gasteiger partial charge in [-0.3, -0.25) is 33.6 Å². The molecule has 1 aromatic heterocycles. The average molecular weight is 2130 g/mol. The number of alkyl halides is 9. The fourth-order valence-electron chi connectivity index (χ4n) is 20.6. The number of carbonyl (C=O) groups is 7. The lowest BCUT2D eigenvalue weighted by molar-refractivity contribution is -0.365. The second-order valence-electron chi connectivity index (χ2n) is 41.4. The number of thiophene rings is 1.